The quantitative estimate of drug-likeness (QED) is 0.487. The van der Waals surface area contributed by atoms with E-state index in [9.17, 15) is 14.9 Å². The number of carbonyl (C=O) groups is 1. The number of rotatable bonds is 5. The Morgan fingerprint density at radius 2 is 1.97 bits per heavy atom. The maximum Gasteiger partial charge on any atom is 0.269 e. The van der Waals surface area contributed by atoms with E-state index in [1.54, 1.807) is 0 Å². The van der Waals surface area contributed by atoms with Crippen molar-refractivity contribution in [1.29, 1.82) is 0 Å². The van der Waals surface area contributed by atoms with Crippen molar-refractivity contribution in [3.05, 3.63) is 63.7 Å². The molecule has 4 rings (SSSR count). The maximum absolute atomic E-state index is 12.4. The van der Waals surface area contributed by atoms with Crippen LogP contribution in [0.2, 0.25) is 0 Å². The van der Waals surface area contributed by atoms with Gasteiger partial charge in [0.2, 0.25) is 0 Å². The fourth-order valence-electron chi connectivity index (χ4n) is 3.50. The zero-order valence-corrected chi connectivity index (χ0v) is 16.9. The minimum atomic E-state index is -0.489. The number of nitro benzene ring substituents is 1. The summed E-state index contributed by atoms with van der Waals surface area (Å²) in [4.78, 5) is 29.6. The van der Waals surface area contributed by atoms with Gasteiger partial charge in [0.15, 0.2) is 5.13 Å². The van der Waals surface area contributed by atoms with Crippen LogP contribution in [0.25, 0.3) is 10.2 Å². The van der Waals surface area contributed by atoms with E-state index in [0.717, 1.165) is 35.8 Å². The Morgan fingerprint density at radius 3 is 2.66 bits per heavy atom. The van der Waals surface area contributed by atoms with Gasteiger partial charge in [-0.25, -0.2) is 4.98 Å². The van der Waals surface area contributed by atoms with Crippen molar-refractivity contribution < 1.29 is 9.72 Å². The molecule has 3 aromatic rings. The number of nitrogens with zero attached hydrogens (tertiary/aromatic N) is 3. The number of nitro groups is 1. The second-order valence-corrected chi connectivity index (χ2v) is 8.57. The van der Waals surface area contributed by atoms with E-state index >= 15 is 0 Å². The Labute approximate surface area is 172 Å². The average Bonchev–Trinajstić information content (AvgIpc) is 3.11. The van der Waals surface area contributed by atoms with Gasteiger partial charge < -0.3 is 0 Å². The van der Waals surface area contributed by atoms with E-state index in [2.05, 4.69) is 34.3 Å². The summed E-state index contributed by atoms with van der Waals surface area (Å²) in [6.45, 7) is 5.52. The molecule has 2 heterocycles. The van der Waals surface area contributed by atoms with Crippen molar-refractivity contribution in [2.45, 2.75) is 26.3 Å². The molecule has 1 fully saturated rings. The zero-order chi connectivity index (χ0) is 20.4. The van der Waals surface area contributed by atoms with Crippen LogP contribution in [0.3, 0.4) is 0 Å². The zero-order valence-electron chi connectivity index (χ0n) is 16.1. The summed E-state index contributed by atoms with van der Waals surface area (Å²) in [5.41, 5.74) is 2.42. The number of anilines is 1. The molecule has 0 bridgehead atoms. The number of benzene rings is 2. The maximum atomic E-state index is 12.4. The van der Waals surface area contributed by atoms with Crippen molar-refractivity contribution in [2.24, 2.45) is 5.92 Å². The summed E-state index contributed by atoms with van der Waals surface area (Å²) >= 11 is 1.44. The topological polar surface area (TPSA) is 88.4 Å². The number of aromatic nitrogens is 1. The molecule has 0 aliphatic carbocycles. The van der Waals surface area contributed by atoms with Gasteiger partial charge in [-0.05, 0) is 61.7 Å². The molecule has 0 atom stereocenters. The predicted octanol–water partition coefficient (Wildman–Crippen LogP) is 4.69. The van der Waals surface area contributed by atoms with Crippen LogP contribution in [0.15, 0.2) is 42.5 Å². The lowest BCUT2D eigenvalue weighted by molar-refractivity contribution is -0.384. The highest BCUT2D eigenvalue weighted by molar-refractivity contribution is 7.22. The standard InChI is InChI=1S/C21H22N4O3S/c1-14-8-10-24(11-9-14)13-15-2-7-18-19(12-15)29-21(22-18)23-20(26)16-3-5-17(6-4-16)25(27)28/h2-7,12,14H,8-11,13H2,1H3,(H,22,23,26). The number of thiazole rings is 1. The van der Waals surface area contributed by atoms with Crippen LogP contribution >= 0.6 is 11.3 Å². The van der Waals surface area contributed by atoms with Crippen LogP contribution in [-0.2, 0) is 6.54 Å². The Bertz CT molecular complexity index is 1040. The molecule has 2 aromatic carbocycles. The van der Waals surface area contributed by atoms with Gasteiger partial charge in [-0.3, -0.25) is 25.1 Å². The minimum absolute atomic E-state index is 0.0442. The molecule has 1 aliphatic heterocycles. The molecule has 150 valence electrons. The number of carbonyl (C=O) groups excluding carboxylic acids is 1. The summed E-state index contributed by atoms with van der Waals surface area (Å²) in [5.74, 6) is 0.485. The lowest BCUT2D eigenvalue weighted by Crippen LogP contribution is -2.32. The normalized spacial score (nSPS) is 15.5. The van der Waals surface area contributed by atoms with Crippen molar-refractivity contribution >= 4 is 38.3 Å². The van der Waals surface area contributed by atoms with Crippen LogP contribution in [0.4, 0.5) is 10.8 Å². The molecular weight excluding hydrogens is 388 g/mol. The van der Waals surface area contributed by atoms with E-state index < -0.39 is 4.92 Å². The van der Waals surface area contributed by atoms with Crippen molar-refractivity contribution in [1.82, 2.24) is 9.88 Å². The lowest BCUT2D eigenvalue weighted by atomic mass is 9.99. The lowest BCUT2D eigenvalue weighted by Gasteiger charge is -2.30. The van der Waals surface area contributed by atoms with Gasteiger partial charge >= 0.3 is 0 Å². The SMILES string of the molecule is CC1CCN(Cc2ccc3nc(NC(=O)c4ccc([N+](=O)[O-])cc4)sc3c2)CC1. The van der Waals surface area contributed by atoms with Gasteiger partial charge in [0.25, 0.3) is 11.6 Å². The van der Waals surface area contributed by atoms with Crippen molar-refractivity contribution in [2.75, 3.05) is 18.4 Å². The monoisotopic (exact) mass is 410 g/mol. The molecule has 8 heteroatoms. The summed E-state index contributed by atoms with van der Waals surface area (Å²) in [5, 5.41) is 14.0. The third-order valence-electron chi connectivity index (χ3n) is 5.30. The van der Waals surface area contributed by atoms with E-state index in [0.29, 0.717) is 10.7 Å². The van der Waals surface area contributed by atoms with Gasteiger partial charge in [0.1, 0.15) is 0 Å². The van der Waals surface area contributed by atoms with Crippen LogP contribution in [-0.4, -0.2) is 33.8 Å². The highest BCUT2D eigenvalue weighted by Crippen LogP contribution is 2.28. The van der Waals surface area contributed by atoms with E-state index in [1.165, 1.54) is 54.0 Å². The van der Waals surface area contributed by atoms with E-state index in [4.69, 9.17) is 0 Å². The molecule has 0 saturated carbocycles. The van der Waals surface area contributed by atoms with Crippen molar-refractivity contribution in [3.63, 3.8) is 0 Å². The van der Waals surface area contributed by atoms with Gasteiger partial charge in [0.05, 0.1) is 15.1 Å². The van der Waals surface area contributed by atoms with E-state index in [1.807, 2.05) is 6.07 Å². The van der Waals surface area contributed by atoms with Gasteiger partial charge in [-0.15, -0.1) is 0 Å². The summed E-state index contributed by atoms with van der Waals surface area (Å²) in [6.07, 6.45) is 2.50. The second-order valence-electron chi connectivity index (χ2n) is 7.54. The predicted molar refractivity (Wildman–Crippen MR) is 114 cm³/mol. The Hall–Kier alpha value is -2.84. The highest BCUT2D eigenvalue weighted by Gasteiger charge is 2.16. The summed E-state index contributed by atoms with van der Waals surface area (Å²) in [7, 11) is 0. The Balaban J connectivity index is 1.44. The molecule has 0 unspecified atom stereocenters. The van der Waals surface area contributed by atoms with Crippen LogP contribution in [0.1, 0.15) is 35.7 Å². The average molecular weight is 410 g/mol. The number of non-ortho nitro benzene ring substituents is 1. The first kappa shape index (κ1) is 19.5. The second kappa shape index (κ2) is 8.26. The van der Waals surface area contributed by atoms with Crippen molar-refractivity contribution in [3.8, 4) is 0 Å². The first-order valence-corrected chi connectivity index (χ1v) is 10.5. The number of nitrogens with one attached hydrogen (secondary N) is 1. The molecule has 29 heavy (non-hydrogen) atoms. The number of amides is 1. The van der Waals surface area contributed by atoms with Crippen LogP contribution in [0.5, 0.6) is 0 Å². The third kappa shape index (κ3) is 4.60. The third-order valence-corrected chi connectivity index (χ3v) is 6.23. The largest absolute Gasteiger partial charge is 0.299 e. The Kier molecular flexibility index (Phi) is 5.55. The van der Waals surface area contributed by atoms with Crippen LogP contribution < -0.4 is 5.32 Å². The van der Waals surface area contributed by atoms with Gasteiger partial charge in [-0.2, -0.15) is 0 Å². The number of hydrogen-bond donors (Lipinski definition) is 1. The van der Waals surface area contributed by atoms with Crippen LogP contribution in [0, 0.1) is 16.0 Å². The molecule has 1 amide bonds. The number of piperidine rings is 1. The molecule has 1 N–H and O–H groups in total. The van der Waals surface area contributed by atoms with Gasteiger partial charge in [-0.1, -0.05) is 24.3 Å². The molecular formula is C21H22N4O3S. The highest BCUT2D eigenvalue weighted by atomic mass is 32.1. The molecule has 1 aromatic heterocycles. The fraction of sp³-hybridized carbons (Fsp3) is 0.333. The first-order valence-electron chi connectivity index (χ1n) is 9.65. The minimum Gasteiger partial charge on any atom is -0.299 e. The van der Waals surface area contributed by atoms with Gasteiger partial charge in [0, 0.05) is 24.2 Å². The first-order chi connectivity index (χ1) is 14.0. The smallest absolute Gasteiger partial charge is 0.269 e. The summed E-state index contributed by atoms with van der Waals surface area (Å²) < 4.78 is 1.03. The molecule has 0 radical (unpaired) electrons. The fourth-order valence-corrected chi connectivity index (χ4v) is 4.43. The molecule has 7 nitrogen and oxygen atoms in total. The number of likely N-dealkylation sites (tertiary alicyclic amines) is 1. The molecule has 1 saturated heterocycles. The number of hydrogen-bond acceptors (Lipinski definition) is 6. The molecule has 1 aliphatic rings. The Morgan fingerprint density at radius 1 is 1.24 bits per heavy atom. The number of fused-ring (bicyclic) bond motifs is 1. The van der Waals surface area contributed by atoms with E-state index in [-0.39, 0.29) is 11.6 Å². The molecule has 0 spiro atoms. The summed E-state index contributed by atoms with van der Waals surface area (Å²) in [6, 6.07) is 11.8.